The third-order valence-electron chi connectivity index (χ3n) is 6.72. The zero-order chi connectivity index (χ0) is 24.8. The number of aromatic nitrogens is 1. The zero-order valence-corrected chi connectivity index (χ0v) is 20.7. The molecule has 0 saturated carbocycles. The van der Waals surface area contributed by atoms with E-state index in [4.69, 9.17) is 0 Å². The topological polar surface area (TPSA) is 59.4 Å². The van der Waals surface area contributed by atoms with E-state index in [1.807, 2.05) is 36.9 Å². The summed E-state index contributed by atoms with van der Waals surface area (Å²) >= 11 is 0. The Bertz CT molecular complexity index is 1090. The molecule has 0 radical (unpaired) electrons. The third-order valence-corrected chi connectivity index (χ3v) is 6.72. The molecule has 3 rings (SSSR count). The maximum atomic E-state index is 13.5. The Morgan fingerprint density at radius 2 is 1.79 bits per heavy atom. The number of ketones is 2. The Morgan fingerprint density at radius 3 is 2.41 bits per heavy atom. The standard InChI is InChI=1S/C28H35FN2O3/c1-5-22-9-10-24(15-20(22)3)28(34)23-11-13-30(14-12-23)27(33)8-6-7-19(2)17-31-18-25(29)16-26(31)21(4)32/h9-10,15-18,23H,5-8,11-14H2,1-4H3/b19-17+. The molecule has 1 aliphatic rings. The molecule has 0 aliphatic carbocycles. The highest BCUT2D eigenvalue weighted by Gasteiger charge is 2.28. The van der Waals surface area contributed by atoms with Gasteiger partial charge in [-0.25, -0.2) is 4.39 Å². The highest BCUT2D eigenvalue weighted by atomic mass is 19.1. The molecule has 182 valence electrons. The first-order valence-corrected chi connectivity index (χ1v) is 12.2. The van der Waals surface area contributed by atoms with E-state index in [1.54, 1.807) is 6.20 Å². The number of nitrogens with zero attached hydrogens (tertiary/aromatic N) is 2. The third kappa shape index (κ3) is 6.31. The van der Waals surface area contributed by atoms with Crippen LogP contribution in [0.2, 0.25) is 0 Å². The largest absolute Gasteiger partial charge is 0.343 e. The Balaban J connectivity index is 1.46. The number of amides is 1. The summed E-state index contributed by atoms with van der Waals surface area (Å²) in [5.41, 5.74) is 4.48. The van der Waals surface area contributed by atoms with Gasteiger partial charge in [0.15, 0.2) is 11.6 Å². The minimum Gasteiger partial charge on any atom is -0.343 e. The molecule has 2 heterocycles. The van der Waals surface area contributed by atoms with Gasteiger partial charge >= 0.3 is 0 Å². The van der Waals surface area contributed by atoms with Crippen LogP contribution in [-0.4, -0.2) is 40.0 Å². The molecule has 1 amide bonds. The van der Waals surface area contributed by atoms with Crippen molar-refractivity contribution >= 4 is 23.7 Å². The monoisotopic (exact) mass is 466 g/mol. The fraction of sp³-hybridized carbons (Fsp3) is 0.464. The SMILES string of the molecule is CCc1ccc(C(=O)C2CCN(C(=O)CCC/C(C)=C/n3cc(F)cc3C(C)=O)CC2)cc1C. The Kier molecular flexibility index (Phi) is 8.59. The lowest BCUT2D eigenvalue weighted by molar-refractivity contribution is -0.132. The summed E-state index contributed by atoms with van der Waals surface area (Å²) < 4.78 is 15.0. The van der Waals surface area contributed by atoms with E-state index in [2.05, 4.69) is 6.92 Å². The summed E-state index contributed by atoms with van der Waals surface area (Å²) in [6, 6.07) is 7.20. The number of halogens is 1. The van der Waals surface area contributed by atoms with Gasteiger partial charge in [0.25, 0.3) is 0 Å². The van der Waals surface area contributed by atoms with Crippen LogP contribution in [0.3, 0.4) is 0 Å². The molecule has 1 saturated heterocycles. The number of carbonyl (C=O) groups excluding carboxylic acids is 3. The molecular formula is C28H35FN2O3. The van der Waals surface area contributed by atoms with Crippen molar-refractivity contribution in [3.8, 4) is 0 Å². The van der Waals surface area contributed by atoms with Crippen molar-refractivity contribution < 1.29 is 18.8 Å². The summed E-state index contributed by atoms with van der Waals surface area (Å²) in [5.74, 6) is -0.376. The van der Waals surface area contributed by atoms with Crippen molar-refractivity contribution in [2.75, 3.05) is 13.1 Å². The Morgan fingerprint density at radius 1 is 1.09 bits per heavy atom. The van der Waals surface area contributed by atoms with E-state index < -0.39 is 5.82 Å². The first-order valence-electron chi connectivity index (χ1n) is 12.2. The molecule has 1 aromatic carbocycles. The van der Waals surface area contributed by atoms with Gasteiger partial charge in [0, 0.05) is 56.4 Å². The van der Waals surface area contributed by atoms with Crippen LogP contribution in [0.5, 0.6) is 0 Å². The average molecular weight is 467 g/mol. The molecule has 0 unspecified atom stereocenters. The maximum absolute atomic E-state index is 13.5. The molecule has 5 nitrogen and oxygen atoms in total. The average Bonchev–Trinajstić information content (AvgIpc) is 3.18. The molecule has 0 bridgehead atoms. The van der Waals surface area contributed by atoms with Crippen molar-refractivity contribution in [1.29, 1.82) is 0 Å². The molecule has 0 N–H and O–H groups in total. The Hall–Kier alpha value is -3.02. The number of piperidine rings is 1. The first-order chi connectivity index (χ1) is 16.2. The minimum atomic E-state index is -0.445. The van der Waals surface area contributed by atoms with Crippen LogP contribution in [0.15, 0.2) is 36.0 Å². The van der Waals surface area contributed by atoms with E-state index in [0.29, 0.717) is 50.9 Å². The van der Waals surface area contributed by atoms with E-state index in [1.165, 1.54) is 29.3 Å². The number of allylic oxidation sites excluding steroid dienone is 1. The summed E-state index contributed by atoms with van der Waals surface area (Å²) in [7, 11) is 0. The van der Waals surface area contributed by atoms with Crippen LogP contribution in [0.4, 0.5) is 4.39 Å². The lowest BCUT2D eigenvalue weighted by atomic mass is 9.87. The van der Waals surface area contributed by atoms with E-state index in [9.17, 15) is 18.8 Å². The molecular weight excluding hydrogens is 431 g/mol. The molecule has 1 aliphatic heterocycles. The van der Waals surface area contributed by atoms with Crippen LogP contribution in [-0.2, 0) is 11.2 Å². The molecule has 0 atom stereocenters. The van der Waals surface area contributed by atoms with Gasteiger partial charge in [-0.3, -0.25) is 14.4 Å². The zero-order valence-electron chi connectivity index (χ0n) is 20.7. The van der Waals surface area contributed by atoms with Gasteiger partial charge in [0.1, 0.15) is 5.82 Å². The van der Waals surface area contributed by atoms with Crippen molar-refractivity contribution in [3.05, 3.63) is 64.2 Å². The smallest absolute Gasteiger partial charge is 0.222 e. The van der Waals surface area contributed by atoms with Crippen LogP contribution >= 0.6 is 0 Å². The van der Waals surface area contributed by atoms with E-state index >= 15 is 0 Å². The van der Waals surface area contributed by atoms with Gasteiger partial charge in [-0.2, -0.15) is 0 Å². The molecule has 34 heavy (non-hydrogen) atoms. The number of likely N-dealkylation sites (tertiary alicyclic amines) is 1. The lowest BCUT2D eigenvalue weighted by Crippen LogP contribution is -2.40. The number of hydrogen-bond donors (Lipinski definition) is 0. The number of rotatable bonds is 9. The van der Waals surface area contributed by atoms with Crippen molar-refractivity contribution in [2.24, 2.45) is 5.92 Å². The van der Waals surface area contributed by atoms with Gasteiger partial charge in [-0.05, 0) is 63.1 Å². The molecule has 6 heteroatoms. The van der Waals surface area contributed by atoms with Crippen LogP contribution in [0.25, 0.3) is 6.20 Å². The number of Topliss-reactive ketones (excluding diaryl/α,β-unsaturated/α-hetero) is 2. The first kappa shape index (κ1) is 25.6. The van der Waals surface area contributed by atoms with Crippen LogP contribution in [0, 0.1) is 18.7 Å². The molecule has 1 aromatic heterocycles. The normalized spacial score (nSPS) is 15.0. The van der Waals surface area contributed by atoms with Crippen molar-refractivity contribution in [2.45, 2.75) is 66.2 Å². The highest BCUT2D eigenvalue weighted by Crippen LogP contribution is 2.24. The summed E-state index contributed by atoms with van der Waals surface area (Å²) in [5, 5.41) is 0. The molecule has 2 aromatic rings. The second-order valence-electron chi connectivity index (χ2n) is 9.35. The van der Waals surface area contributed by atoms with Crippen LogP contribution < -0.4 is 0 Å². The highest BCUT2D eigenvalue weighted by molar-refractivity contribution is 5.98. The second-order valence-corrected chi connectivity index (χ2v) is 9.35. The van der Waals surface area contributed by atoms with Crippen molar-refractivity contribution in [1.82, 2.24) is 9.47 Å². The number of carbonyl (C=O) groups is 3. The quantitative estimate of drug-likeness (QED) is 0.435. The number of hydrogen-bond acceptors (Lipinski definition) is 3. The lowest BCUT2D eigenvalue weighted by Gasteiger charge is -2.31. The summed E-state index contributed by atoms with van der Waals surface area (Å²) in [6.07, 6.45) is 7.19. The van der Waals surface area contributed by atoms with Gasteiger partial charge in [-0.1, -0.05) is 24.6 Å². The second kappa shape index (κ2) is 11.4. The van der Waals surface area contributed by atoms with Gasteiger partial charge < -0.3 is 9.47 Å². The van der Waals surface area contributed by atoms with Gasteiger partial charge in [0.2, 0.25) is 5.91 Å². The number of aryl methyl sites for hydroxylation is 2. The molecule has 1 fully saturated rings. The van der Waals surface area contributed by atoms with Crippen molar-refractivity contribution in [3.63, 3.8) is 0 Å². The predicted octanol–water partition coefficient (Wildman–Crippen LogP) is 5.85. The van der Waals surface area contributed by atoms with E-state index in [-0.39, 0.29) is 23.4 Å². The minimum absolute atomic E-state index is 0.0291. The summed E-state index contributed by atoms with van der Waals surface area (Å²) in [6.45, 7) is 8.71. The Labute approximate surface area is 201 Å². The summed E-state index contributed by atoms with van der Waals surface area (Å²) in [4.78, 5) is 39.1. The van der Waals surface area contributed by atoms with Gasteiger partial charge in [-0.15, -0.1) is 0 Å². The fourth-order valence-corrected chi connectivity index (χ4v) is 4.69. The maximum Gasteiger partial charge on any atom is 0.222 e. The van der Waals surface area contributed by atoms with Crippen LogP contribution in [0.1, 0.15) is 84.8 Å². The fourth-order valence-electron chi connectivity index (χ4n) is 4.69. The molecule has 0 spiro atoms. The number of benzene rings is 1. The van der Waals surface area contributed by atoms with Gasteiger partial charge in [0.05, 0.1) is 5.69 Å². The predicted molar refractivity (Wildman–Crippen MR) is 132 cm³/mol. The van der Waals surface area contributed by atoms with E-state index in [0.717, 1.165) is 23.1 Å².